The molecule has 1 aliphatic heterocycles. The van der Waals surface area contributed by atoms with Gasteiger partial charge in [-0.25, -0.2) is 0 Å². The highest BCUT2D eigenvalue weighted by Crippen LogP contribution is 2.41. The third-order valence-electron chi connectivity index (χ3n) is 4.70. The number of rotatable bonds is 5. The van der Waals surface area contributed by atoms with Gasteiger partial charge in [0.1, 0.15) is 11.9 Å². The van der Waals surface area contributed by atoms with Crippen molar-refractivity contribution in [3.8, 4) is 11.8 Å². The van der Waals surface area contributed by atoms with Crippen LogP contribution in [-0.2, 0) is 6.54 Å². The Morgan fingerprint density at radius 1 is 1.41 bits per heavy atom. The number of aromatic nitrogens is 2. The highest BCUT2D eigenvalue weighted by molar-refractivity contribution is 5.28. The Balaban J connectivity index is 1.71. The van der Waals surface area contributed by atoms with Gasteiger partial charge < -0.3 is 19.6 Å². The van der Waals surface area contributed by atoms with E-state index in [9.17, 15) is 23.3 Å². The predicted octanol–water partition coefficient (Wildman–Crippen LogP) is 3.49. The van der Waals surface area contributed by atoms with E-state index in [4.69, 9.17) is 4.74 Å². The third kappa shape index (κ3) is 3.68. The zero-order chi connectivity index (χ0) is 20.0. The molecule has 1 aliphatic rings. The van der Waals surface area contributed by atoms with Gasteiger partial charge in [0.2, 0.25) is 0 Å². The first kappa shape index (κ1) is 19.0. The minimum atomic E-state index is -4.73. The number of halogens is 3. The first-order valence-electron chi connectivity index (χ1n) is 7.98. The summed E-state index contributed by atoms with van der Waals surface area (Å²) < 4.78 is 48.0. The molecule has 146 valence electrons. The van der Waals surface area contributed by atoms with Crippen molar-refractivity contribution in [2.45, 2.75) is 38.5 Å². The number of alkyl halides is 3. The van der Waals surface area contributed by atoms with Crippen molar-refractivity contribution in [1.29, 1.82) is 0 Å². The van der Waals surface area contributed by atoms with Crippen molar-refractivity contribution in [3.63, 3.8) is 0 Å². The van der Waals surface area contributed by atoms with E-state index in [0.29, 0.717) is 6.54 Å². The Morgan fingerprint density at radius 2 is 2.04 bits per heavy atom. The quantitative estimate of drug-likeness (QED) is 0.578. The number of fused-ring (bicyclic) bond motifs is 1. The molecule has 2 heterocycles. The smallest absolute Gasteiger partial charge is 0.422 e. The Bertz CT molecular complexity index is 852. The maximum absolute atomic E-state index is 12.2. The van der Waals surface area contributed by atoms with Gasteiger partial charge >= 0.3 is 18.2 Å². The van der Waals surface area contributed by atoms with Gasteiger partial charge in [0.25, 0.3) is 0 Å². The maximum atomic E-state index is 12.2. The molecule has 8 nitrogen and oxygen atoms in total. The average Bonchev–Trinajstić information content (AvgIpc) is 3.07. The molecule has 0 saturated heterocycles. The molecule has 2 aromatic rings. The molecule has 2 unspecified atom stereocenters. The molecular formula is C16H17F3N4O4. The summed E-state index contributed by atoms with van der Waals surface area (Å²) in [6.07, 6.45) is -3.41. The van der Waals surface area contributed by atoms with Gasteiger partial charge in [0.05, 0.1) is 6.04 Å². The molecule has 0 radical (unpaired) electrons. The van der Waals surface area contributed by atoms with E-state index in [1.54, 1.807) is 11.6 Å². The van der Waals surface area contributed by atoms with Crippen molar-refractivity contribution < 1.29 is 27.6 Å². The van der Waals surface area contributed by atoms with Crippen LogP contribution in [0.15, 0.2) is 30.5 Å². The fraction of sp³-hybridized carbons (Fsp3) is 0.438. The van der Waals surface area contributed by atoms with Crippen molar-refractivity contribution >= 4 is 5.82 Å². The van der Waals surface area contributed by atoms with Gasteiger partial charge in [-0.05, 0) is 43.5 Å². The monoisotopic (exact) mass is 386 g/mol. The second-order valence-electron chi connectivity index (χ2n) is 6.43. The normalized spacial score (nSPS) is 21.8. The first-order chi connectivity index (χ1) is 12.5. The van der Waals surface area contributed by atoms with Crippen LogP contribution in [-0.4, -0.2) is 38.5 Å². The molecule has 1 aromatic carbocycles. The number of ether oxygens (including phenoxy) is 2. The SMILES string of the molecule is CC1n2cc([N+](=O)[O-])nc2OC1(C)N(C)Cc1ccc(OC(F)(F)F)cc1. The molecule has 0 saturated carbocycles. The molecular weight excluding hydrogens is 369 g/mol. The number of hydrogen-bond donors (Lipinski definition) is 0. The third-order valence-corrected chi connectivity index (χ3v) is 4.70. The number of nitro groups is 1. The maximum Gasteiger partial charge on any atom is 0.573 e. The lowest BCUT2D eigenvalue weighted by Crippen LogP contribution is -2.49. The lowest BCUT2D eigenvalue weighted by atomic mass is 10.1. The van der Waals surface area contributed by atoms with E-state index in [2.05, 4.69) is 9.72 Å². The summed E-state index contributed by atoms with van der Waals surface area (Å²) in [6.45, 7) is 4.04. The number of hydrogen-bond acceptors (Lipinski definition) is 6. The standard InChI is InChI=1S/C16H17F3N4O4/c1-10-15(2,27-14-20-13(23(24)25)9-22(10)14)21(3)8-11-4-6-12(7-5-11)26-16(17,18)19/h4-7,9-10H,8H2,1-3H3. The largest absolute Gasteiger partial charge is 0.573 e. The number of imidazole rings is 1. The molecule has 2 atom stereocenters. The Kier molecular flexibility index (Phi) is 4.50. The average molecular weight is 386 g/mol. The van der Waals surface area contributed by atoms with E-state index < -0.39 is 17.0 Å². The molecule has 0 N–H and O–H groups in total. The minimum absolute atomic E-state index is 0.150. The fourth-order valence-corrected chi connectivity index (χ4v) is 2.96. The van der Waals surface area contributed by atoms with Crippen LogP contribution < -0.4 is 9.47 Å². The van der Waals surface area contributed by atoms with Crippen LogP contribution in [0.4, 0.5) is 19.0 Å². The van der Waals surface area contributed by atoms with E-state index in [-0.39, 0.29) is 23.6 Å². The highest BCUT2D eigenvalue weighted by Gasteiger charge is 2.49. The van der Waals surface area contributed by atoms with Crippen LogP contribution in [0, 0.1) is 10.1 Å². The zero-order valence-electron chi connectivity index (χ0n) is 14.7. The molecule has 3 rings (SSSR count). The van der Waals surface area contributed by atoms with Gasteiger partial charge in [-0.2, -0.15) is 0 Å². The van der Waals surface area contributed by atoms with Crippen molar-refractivity contribution in [1.82, 2.24) is 14.5 Å². The van der Waals surface area contributed by atoms with Gasteiger partial charge in [0.15, 0.2) is 5.72 Å². The second-order valence-corrected chi connectivity index (χ2v) is 6.43. The van der Waals surface area contributed by atoms with Gasteiger partial charge in [-0.1, -0.05) is 12.1 Å². The van der Waals surface area contributed by atoms with Crippen LogP contribution in [0.1, 0.15) is 25.5 Å². The molecule has 0 fully saturated rings. The lowest BCUT2D eigenvalue weighted by Gasteiger charge is -2.36. The topological polar surface area (TPSA) is 82.7 Å². The van der Waals surface area contributed by atoms with E-state index in [1.807, 2.05) is 18.7 Å². The number of nitrogens with zero attached hydrogens (tertiary/aromatic N) is 4. The summed E-state index contributed by atoms with van der Waals surface area (Å²) in [5.41, 5.74) is -0.0851. The number of benzene rings is 1. The van der Waals surface area contributed by atoms with Gasteiger partial charge in [-0.3, -0.25) is 9.47 Å². The van der Waals surface area contributed by atoms with Crippen LogP contribution in [0.5, 0.6) is 11.8 Å². The van der Waals surface area contributed by atoms with Crippen molar-refractivity contribution in [2.24, 2.45) is 0 Å². The molecule has 1 aromatic heterocycles. The molecule has 0 aliphatic carbocycles. The predicted molar refractivity (Wildman–Crippen MR) is 87.2 cm³/mol. The minimum Gasteiger partial charge on any atom is -0.422 e. The molecule has 0 spiro atoms. The number of likely N-dealkylation sites (N-methyl/N-ethyl adjacent to an activating group) is 1. The van der Waals surface area contributed by atoms with E-state index >= 15 is 0 Å². The Morgan fingerprint density at radius 3 is 2.56 bits per heavy atom. The van der Waals surface area contributed by atoms with Gasteiger partial charge in [-0.15, -0.1) is 13.2 Å². The molecule has 0 bridgehead atoms. The fourth-order valence-electron chi connectivity index (χ4n) is 2.96. The van der Waals surface area contributed by atoms with Gasteiger partial charge in [0, 0.05) is 11.5 Å². The first-order valence-corrected chi connectivity index (χ1v) is 7.98. The van der Waals surface area contributed by atoms with Crippen LogP contribution in [0.3, 0.4) is 0 Å². The van der Waals surface area contributed by atoms with E-state index in [0.717, 1.165) is 5.56 Å². The summed E-state index contributed by atoms with van der Waals surface area (Å²) >= 11 is 0. The Labute approximate surface area is 152 Å². The molecule has 27 heavy (non-hydrogen) atoms. The van der Waals surface area contributed by atoms with Crippen molar-refractivity contribution in [2.75, 3.05) is 7.05 Å². The van der Waals surface area contributed by atoms with E-state index in [1.165, 1.54) is 30.5 Å². The van der Waals surface area contributed by atoms with Crippen molar-refractivity contribution in [3.05, 3.63) is 46.1 Å². The van der Waals surface area contributed by atoms with Crippen LogP contribution in [0.25, 0.3) is 0 Å². The molecule has 11 heteroatoms. The molecule has 0 amide bonds. The summed E-state index contributed by atoms with van der Waals surface area (Å²) in [7, 11) is 1.79. The highest BCUT2D eigenvalue weighted by atomic mass is 19.4. The Hall–Kier alpha value is -2.82. The second kappa shape index (κ2) is 6.41. The lowest BCUT2D eigenvalue weighted by molar-refractivity contribution is -0.389. The zero-order valence-corrected chi connectivity index (χ0v) is 14.7. The van der Waals surface area contributed by atoms with Crippen LogP contribution in [0.2, 0.25) is 0 Å². The summed E-state index contributed by atoms with van der Waals surface area (Å²) in [5.74, 6) is -0.583. The summed E-state index contributed by atoms with van der Waals surface area (Å²) in [6, 6.07) is 5.43. The van der Waals surface area contributed by atoms with Crippen LogP contribution >= 0.6 is 0 Å². The summed E-state index contributed by atoms with van der Waals surface area (Å²) in [5, 5.41) is 10.8. The summed E-state index contributed by atoms with van der Waals surface area (Å²) in [4.78, 5) is 16.0.